The van der Waals surface area contributed by atoms with Gasteiger partial charge in [0.15, 0.2) is 0 Å². The van der Waals surface area contributed by atoms with Gasteiger partial charge in [-0.15, -0.1) is 0 Å². The number of hydrogen-bond donors (Lipinski definition) is 2. The molecule has 0 aromatic heterocycles. The van der Waals surface area contributed by atoms with Crippen molar-refractivity contribution in [2.24, 2.45) is 0 Å². The van der Waals surface area contributed by atoms with Crippen LogP contribution in [0.15, 0.2) is 0 Å². The van der Waals surface area contributed by atoms with E-state index >= 15 is 0 Å². The molecule has 4 nitrogen and oxygen atoms in total. The normalized spacial score (nSPS) is 38.5. The molecule has 4 atom stereocenters. The minimum atomic E-state index is -5.24. The lowest BCUT2D eigenvalue weighted by Crippen LogP contribution is -2.51. The van der Waals surface area contributed by atoms with Crippen LogP contribution < -0.4 is 0 Å². The van der Waals surface area contributed by atoms with E-state index in [1.54, 1.807) is 0 Å². The number of carbonyl (C=O) groups is 1. The number of halogens is 4. The zero-order valence-electron chi connectivity index (χ0n) is 8.78. The summed E-state index contributed by atoms with van der Waals surface area (Å²) in [7, 11) is 5.17. The molecule has 1 saturated heterocycles. The highest BCUT2D eigenvalue weighted by Crippen LogP contribution is 2.37. The van der Waals surface area contributed by atoms with Crippen LogP contribution in [-0.2, 0) is 4.79 Å². The lowest BCUT2D eigenvalue weighted by Gasteiger charge is -2.29. The molecule has 1 aliphatic rings. The largest absolute Gasteiger partial charge is 0.471 e. The van der Waals surface area contributed by atoms with E-state index in [0.717, 1.165) is 6.92 Å². The molecule has 0 aromatic carbocycles. The van der Waals surface area contributed by atoms with Crippen LogP contribution >= 0.6 is 0 Å². The third-order valence-electron chi connectivity index (χ3n) is 2.84. The summed E-state index contributed by atoms with van der Waals surface area (Å²) in [4.78, 5) is 10.9. The second-order valence-electron chi connectivity index (χ2n) is 4.00. The second-order valence-corrected chi connectivity index (χ2v) is 4.00. The van der Waals surface area contributed by atoms with Crippen molar-refractivity contribution in [3.8, 4) is 0 Å². The van der Waals surface area contributed by atoms with Crippen molar-refractivity contribution in [2.45, 2.75) is 36.9 Å². The minimum absolute atomic E-state index is 0.0648. The Bertz CT molecular complexity index is 322. The summed E-state index contributed by atoms with van der Waals surface area (Å²) < 4.78 is 50.5. The molecule has 0 spiro atoms. The fourth-order valence-electron chi connectivity index (χ4n) is 1.79. The fourth-order valence-corrected chi connectivity index (χ4v) is 1.79. The molecule has 1 aliphatic heterocycles. The van der Waals surface area contributed by atoms with E-state index in [1.807, 2.05) is 0 Å². The molecule has 0 aliphatic carbocycles. The summed E-state index contributed by atoms with van der Waals surface area (Å²) in [6.07, 6.45) is -7.22. The molecule has 1 fully saturated rings. The smallest absolute Gasteiger partial charge is 0.394 e. The van der Waals surface area contributed by atoms with Gasteiger partial charge in [-0.2, -0.15) is 13.2 Å². The predicted octanol–water partition coefficient (Wildman–Crippen LogP) is -0.665. The molecule has 1 heterocycles. The van der Waals surface area contributed by atoms with E-state index in [-0.39, 0.29) is 4.90 Å². The number of carbonyl (C=O) groups excluding carboxylic acids is 1. The molecular formula is C8H10BF4NO3. The Balaban J connectivity index is 3.11. The maximum Gasteiger partial charge on any atom is 0.471 e. The molecule has 1 rings (SSSR count). The average Bonchev–Trinajstić information content (AvgIpc) is 2.36. The molecule has 2 N–H and O–H groups in total. The van der Waals surface area contributed by atoms with Crippen LogP contribution in [0, 0.1) is 0 Å². The number of amides is 1. The fraction of sp³-hybridized carbons (Fsp3) is 0.875. The van der Waals surface area contributed by atoms with E-state index in [1.165, 1.54) is 0 Å². The van der Waals surface area contributed by atoms with Crippen molar-refractivity contribution < 1.29 is 32.6 Å². The molecule has 0 bridgehead atoms. The maximum atomic E-state index is 13.8. The number of aliphatic hydroxyl groups is 2. The number of alkyl halides is 4. The monoisotopic (exact) mass is 255 g/mol. The Morgan fingerprint density at radius 1 is 1.53 bits per heavy atom. The van der Waals surface area contributed by atoms with Gasteiger partial charge < -0.3 is 15.1 Å². The van der Waals surface area contributed by atoms with Crippen LogP contribution in [0.2, 0.25) is 0 Å². The van der Waals surface area contributed by atoms with Gasteiger partial charge in [0.25, 0.3) is 0 Å². The zero-order valence-corrected chi connectivity index (χ0v) is 8.78. The Labute approximate surface area is 95.6 Å². The van der Waals surface area contributed by atoms with Gasteiger partial charge in [0.2, 0.25) is 0 Å². The molecule has 0 unspecified atom stereocenters. The van der Waals surface area contributed by atoms with Crippen molar-refractivity contribution in [1.29, 1.82) is 0 Å². The number of aliphatic hydroxyl groups excluding tert-OH is 2. The highest BCUT2D eigenvalue weighted by atomic mass is 19.4. The summed E-state index contributed by atoms with van der Waals surface area (Å²) in [5, 5.41) is 18.2. The Kier molecular flexibility index (Phi) is 3.46. The Morgan fingerprint density at radius 3 is 2.35 bits per heavy atom. The Hall–Kier alpha value is -0.825. The van der Waals surface area contributed by atoms with Crippen LogP contribution in [0.25, 0.3) is 0 Å². The maximum absolute atomic E-state index is 13.8. The first kappa shape index (κ1) is 14.2. The summed E-state index contributed by atoms with van der Waals surface area (Å²) in [6, 6.07) is -1.71. The van der Waals surface area contributed by atoms with Crippen LogP contribution in [0.3, 0.4) is 0 Å². The van der Waals surface area contributed by atoms with Crippen LogP contribution in [-0.4, -0.2) is 65.4 Å². The van der Waals surface area contributed by atoms with Crippen molar-refractivity contribution in [1.82, 2.24) is 4.90 Å². The first-order valence-electron chi connectivity index (χ1n) is 4.68. The Morgan fingerprint density at radius 2 is 2.00 bits per heavy atom. The van der Waals surface area contributed by atoms with E-state index in [0.29, 0.717) is 0 Å². The molecule has 0 saturated carbocycles. The first-order chi connectivity index (χ1) is 7.55. The van der Waals surface area contributed by atoms with Crippen LogP contribution in [0.5, 0.6) is 0 Å². The lowest BCUT2D eigenvalue weighted by atomic mass is 9.82. The molecule has 17 heavy (non-hydrogen) atoms. The molecule has 1 amide bonds. The van der Waals surface area contributed by atoms with Crippen molar-refractivity contribution in [3.63, 3.8) is 0 Å². The van der Waals surface area contributed by atoms with Gasteiger partial charge in [0, 0.05) is 5.94 Å². The van der Waals surface area contributed by atoms with E-state index in [2.05, 4.69) is 0 Å². The number of likely N-dealkylation sites (tertiary alicyclic amines) is 1. The van der Waals surface area contributed by atoms with Crippen LogP contribution in [0.1, 0.15) is 6.92 Å². The summed E-state index contributed by atoms with van der Waals surface area (Å²) in [5.41, 5.74) is -2.62. The van der Waals surface area contributed by atoms with Gasteiger partial charge in [-0.1, -0.05) is 0 Å². The van der Waals surface area contributed by atoms with Gasteiger partial charge in [0.1, 0.15) is 19.6 Å². The van der Waals surface area contributed by atoms with Gasteiger partial charge in [-0.25, -0.2) is 4.39 Å². The molecule has 96 valence electrons. The predicted molar refractivity (Wildman–Crippen MR) is 48.8 cm³/mol. The quantitative estimate of drug-likeness (QED) is 0.482. The lowest BCUT2D eigenvalue weighted by molar-refractivity contribution is -0.188. The zero-order chi connectivity index (χ0) is 13.6. The topological polar surface area (TPSA) is 60.8 Å². The van der Waals surface area contributed by atoms with Gasteiger partial charge >= 0.3 is 12.1 Å². The highest BCUT2D eigenvalue weighted by molar-refractivity contribution is 6.14. The summed E-state index contributed by atoms with van der Waals surface area (Å²) in [6.45, 7) is -0.245. The van der Waals surface area contributed by atoms with E-state index in [4.69, 9.17) is 13.0 Å². The van der Waals surface area contributed by atoms with Gasteiger partial charge in [-0.05, 0) is 6.92 Å². The summed E-state index contributed by atoms with van der Waals surface area (Å²) in [5.74, 6) is -4.35. The standard InChI is InChI=1S/C8H10BF4NO3/c1-7(10)4(16)3(2-15)14(5(7)9)6(17)8(11,12)13/h3-5,15-16H,2H2,1H3/t3-,4-,5-,7-/m1/s1. The van der Waals surface area contributed by atoms with Crippen molar-refractivity contribution >= 4 is 13.8 Å². The molecular weight excluding hydrogens is 245 g/mol. The second kappa shape index (κ2) is 4.13. The molecule has 0 aromatic rings. The van der Waals surface area contributed by atoms with Crippen molar-refractivity contribution in [3.05, 3.63) is 0 Å². The highest BCUT2D eigenvalue weighted by Gasteiger charge is 2.60. The van der Waals surface area contributed by atoms with Gasteiger partial charge in [0.05, 0.1) is 12.6 Å². The van der Waals surface area contributed by atoms with Crippen molar-refractivity contribution in [2.75, 3.05) is 6.61 Å². The molecule has 2 radical (unpaired) electrons. The third-order valence-corrected chi connectivity index (χ3v) is 2.84. The van der Waals surface area contributed by atoms with Gasteiger partial charge in [-0.3, -0.25) is 4.79 Å². The number of nitrogens with zero attached hydrogens (tertiary/aromatic N) is 1. The average molecular weight is 255 g/mol. The van der Waals surface area contributed by atoms with E-state index in [9.17, 15) is 27.5 Å². The third kappa shape index (κ3) is 2.13. The SMILES string of the molecule is [B][C@@H]1N(C(=O)C(F)(F)F)[C@H](CO)[C@@H](O)[C@@]1(C)F. The number of hydrogen-bond acceptors (Lipinski definition) is 3. The van der Waals surface area contributed by atoms with E-state index < -0.39 is 42.4 Å². The van der Waals surface area contributed by atoms with Crippen LogP contribution in [0.4, 0.5) is 17.6 Å². The minimum Gasteiger partial charge on any atom is -0.394 e. The number of rotatable bonds is 1. The first-order valence-corrected chi connectivity index (χ1v) is 4.68. The summed E-state index contributed by atoms with van der Waals surface area (Å²) >= 11 is 0. The molecule has 9 heteroatoms.